The first-order chi connectivity index (χ1) is 20.4. The molecule has 0 N–H and O–H groups in total. The molecular weight excluding hydrogens is 664 g/mol. The van der Waals surface area contributed by atoms with E-state index in [1.807, 2.05) is 0 Å². The molecule has 0 atom stereocenters. The van der Waals surface area contributed by atoms with Crippen LogP contribution in [0.5, 0.6) is 0 Å². The van der Waals surface area contributed by atoms with Gasteiger partial charge in [-0.25, -0.2) is 0 Å². The summed E-state index contributed by atoms with van der Waals surface area (Å²) in [6.07, 6.45) is 2.13. The van der Waals surface area contributed by atoms with Crippen molar-refractivity contribution >= 4 is 92.7 Å². The van der Waals surface area contributed by atoms with Crippen molar-refractivity contribution in [2.24, 2.45) is 4.30 Å². The first kappa shape index (κ1) is 30.8. The van der Waals surface area contributed by atoms with Gasteiger partial charge in [0.05, 0.1) is 0 Å². The number of fused-ring (bicyclic) bond motifs is 10. The smallest absolute Gasteiger partial charge is 0.000729 e. The van der Waals surface area contributed by atoms with Gasteiger partial charge in [-0.15, -0.1) is 0 Å². The first-order valence-corrected chi connectivity index (χ1v) is 15.8. The van der Waals surface area contributed by atoms with Crippen LogP contribution in [-0.4, -0.2) is 11.9 Å². The molecule has 0 bridgehead atoms. The van der Waals surface area contributed by atoms with Gasteiger partial charge in [-0.05, 0) is 85.0 Å². The summed E-state index contributed by atoms with van der Waals surface area (Å²) in [4.78, 5) is 0. The largest absolute Gasteiger partial charge is 0.0619 e. The van der Waals surface area contributed by atoms with E-state index in [2.05, 4.69) is 156 Å². The van der Waals surface area contributed by atoms with E-state index in [4.69, 9.17) is 34.8 Å². The van der Waals surface area contributed by atoms with Crippen LogP contribution >= 0.6 is 63.5 Å². The van der Waals surface area contributed by atoms with Crippen molar-refractivity contribution in [2.75, 3.05) is 0 Å². The third-order valence-corrected chi connectivity index (χ3v) is 8.15. The number of nitrogens with zero attached hydrogens (tertiary/aromatic N) is 1. The summed E-state index contributed by atoms with van der Waals surface area (Å²) in [5, 5.41) is 5.43. The van der Waals surface area contributed by atoms with Crippen LogP contribution in [0, 0.1) is 0 Å². The molecule has 0 fully saturated rings. The summed E-state index contributed by atoms with van der Waals surface area (Å²) in [5.74, 6) is 0. The number of hydrogen-bond donors (Lipinski definition) is 1. The van der Waals surface area contributed by atoms with Crippen LogP contribution in [0.1, 0.15) is 22.3 Å². The van der Waals surface area contributed by atoms with Crippen molar-refractivity contribution in [3.8, 4) is 22.3 Å². The van der Waals surface area contributed by atoms with Gasteiger partial charge >= 0.3 is 24.8 Å². The zero-order valence-electron chi connectivity index (χ0n) is 22.4. The summed E-state index contributed by atoms with van der Waals surface area (Å²) in [6, 6.07) is 41.5. The Labute approximate surface area is 276 Å². The molecule has 7 heteroatoms. The molecule has 0 aromatic heterocycles. The maximum atomic E-state index is 4.81. The van der Waals surface area contributed by atoms with Gasteiger partial charge in [0.1, 0.15) is 0 Å². The molecule has 0 heterocycles. The molecule has 2 aliphatic rings. The number of alkyl halides is 3. The van der Waals surface area contributed by atoms with Gasteiger partial charge in [0.15, 0.2) is 4.30 Å². The Kier molecular flexibility index (Phi) is 10.5. The molecule has 8 rings (SSSR count). The van der Waals surface area contributed by atoms with Crippen molar-refractivity contribution in [3.63, 3.8) is 0 Å². The van der Waals surface area contributed by atoms with Crippen LogP contribution in [-0.2, 0) is 12.8 Å². The molecule has 1 radical (unpaired) electrons. The van der Waals surface area contributed by atoms with Gasteiger partial charge in [-0.1, -0.05) is 160 Å². The number of benzene rings is 6. The zero-order chi connectivity index (χ0) is 29.6. The van der Waals surface area contributed by atoms with E-state index in [1.54, 1.807) is 0 Å². The Hall–Kier alpha value is -2.60. The Morgan fingerprint density at radius 3 is 1.67 bits per heavy atom. The molecule has 6 aromatic carbocycles. The van der Waals surface area contributed by atoms with Crippen molar-refractivity contribution < 1.29 is 0 Å². The van der Waals surface area contributed by atoms with Crippen molar-refractivity contribution in [2.45, 2.75) is 17.1 Å². The van der Waals surface area contributed by atoms with Crippen LogP contribution in [0.15, 0.2) is 124 Å². The molecular formula is C35H25BBrCl3NS. The fraction of sp³-hybridized carbons (Fsp3) is 0.0857. The van der Waals surface area contributed by atoms with Crippen molar-refractivity contribution in [3.05, 3.63) is 142 Å². The van der Waals surface area contributed by atoms with E-state index in [0.717, 1.165) is 12.8 Å². The first-order valence-electron chi connectivity index (χ1n) is 13.3. The molecule has 6 aromatic rings. The maximum absolute atomic E-state index is 4.81. The number of halogens is 4. The zero-order valence-corrected chi connectivity index (χ0v) is 27.2. The number of thiol groups is 1. The Balaban J connectivity index is 0.000000138. The van der Waals surface area contributed by atoms with Gasteiger partial charge < -0.3 is 0 Å². The van der Waals surface area contributed by atoms with E-state index < -0.39 is 4.30 Å². The molecule has 2 aliphatic carbocycles. The minimum absolute atomic E-state index is 0.750. The fourth-order valence-electron chi connectivity index (χ4n) is 5.86. The maximum Gasteiger partial charge on any atom is -0.000729 e. The van der Waals surface area contributed by atoms with E-state index in [9.17, 15) is 0 Å². The van der Waals surface area contributed by atoms with Gasteiger partial charge in [-0.2, -0.15) is 0 Å². The molecule has 0 saturated heterocycles. The molecule has 1 nitrogen and oxygen atoms in total. The van der Waals surface area contributed by atoms with Crippen LogP contribution < -0.4 is 0 Å². The van der Waals surface area contributed by atoms with E-state index in [1.165, 1.54) is 70.5 Å². The van der Waals surface area contributed by atoms with Gasteiger partial charge in [0.25, 0.3) is 0 Å². The number of rotatable bonds is 0. The monoisotopic (exact) mass is 686 g/mol. The average Bonchev–Trinajstić information content (AvgIpc) is 3.57. The Morgan fingerprint density at radius 2 is 1.05 bits per heavy atom. The molecule has 0 unspecified atom stereocenters. The van der Waals surface area contributed by atoms with E-state index in [-0.39, 0.29) is 0 Å². The van der Waals surface area contributed by atoms with Crippen LogP contribution in [0.25, 0.3) is 43.8 Å². The standard InChI is InChI=1S/C17H11Br.C17H12.CHCl3.BHNS/c18-17-10-16-12-6-2-1-5-11(12)9-15(16)13-7-3-4-8-14(13)17;1-3-7-14-12(5-1)9-10-16-15-8-4-2-6-13(15)11-17(14)16;2-1(3)4;1-2-3/h1-8,10H,9H2;1-10H,11H2;1H;3H. The molecule has 42 heavy (non-hydrogen) atoms. The normalized spacial score (nSPS) is 11.5. The van der Waals surface area contributed by atoms with Crippen LogP contribution in [0.2, 0.25) is 0 Å². The van der Waals surface area contributed by atoms with Crippen LogP contribution in [0.4, 0.5) is 0 Å². The summed E-state index contributed by atoms with van der Waals surface area (Å²) >= 11 is 21.3. The quantitative estimate of drug-likeness (QED) is 0.0925. The molecule has 0 spiro atoms. The topological polar surface area (TPSA) is 12.4 Å². The summed E-state index contributed by atoms with van der Waals surface area (Å²) in [5.41, 5.74) is 11.5. The molecule has 0 saturated carbocycles. The molecule has 0 aliphatic heterocycles. The SMILES string of the molecule is Brc1cc2c(c3ccccc13)Cc1ccccc1-2.ClC(Cl)Cl.[B]=NS.c1ccc2c(c1)Cc1c-2ccc2ccccc12. The predicted molar refractivity (Wildman–Crippen MR) is 191 cm³/mol. The average molecular weight is 689 g/mol. The number of hydrogen-bond acceptors (Lipinski definition) is 2. The van der Waals surface area contributed by atoms with Crippen molar-refractivity contribution in [1.82, 2.24) is 0 Å². The second kappa shape index (κ2) is 14.3. The van der Waals surface area contributed by atoms with E-state index >= 15 is 0 Å². The minimum Gasteiger partial charge on any atom is -0.0619 e. The van der Waals surface area contributed by atoms with Crippen molar-refractivity contribution in [1.29, 1.82) is 0 Å². The second-order valence-electron chi connectivity index (χ2n) is 9.77. The van der Waals surface area contributed by atoms with E-state index in [0.29, 0.717) is 0 Å². The van der Waals surface area contributed by atoms with Gasteiger partial charge in [0, 0.05) is 4.47 Å². The third-order valence-electron chi connectivity index (χ3n) is 7.50. The second-order valence-corrected chi connectivity index (χ2v) is 12.8. The molecule has 0 amide bonds. The third kappa shape index (κ3) is 6.64. The Bertz CT molecular complexity index is 1890. The summed E-state index contributed by atoms with van der Waals surface area (Å²) in [6.45, 7) is 0. The Morgan fingerprint density at radius 1 is 0.595 bits per heavy atom. The predicted octanol–water partition coefficient (Wildman–Crippen LogP) is 11.8. The van der Waals surface area contributed by atoms with Gasteiger partial charge in [-0.3, -0.25) is 0 Å². The van der Waals surface area contributed by atoms with Gasteiger partial charge in [0.2, 0.25) is 0 Å². The molecule has 207 valence electrons. The summed E-state index contributed by atoms with van der Waals surface area (Å²) < 4.78 is 3.13. The van der Waals surface area contributed by atoms with Crippen LogP contribution in [0.3, 0.4) is 0 Å². The minimum atomic E-state index is -0.750. The summed E-state index contributed by atoms with van der Waals surface area (Å²) in [7, 11) is 4.34. The fourth-order valence-corrected chi connectivity index (χ4v) is 6.43.